The maximum atomic E-state index is 11.4. The van der Waals surface area contributed by atoms with E-state index in [1.54, 1.807) is 25.3 Å². The number of benzene rings is 1. The zero-order valence-corrected chi connectivity index (χ0v) is 10.1. The first-order valence-electron chi connectivity index (χ1n) is 5.24. The molecule has 0 amide bonds. The molecule has 0 aliphatic rings. The van der Waals surface area contributed by atoms with E-state index >= 15 is 0 Å². The minimum atomic E-state index is -0.317. The van der Waals surface area contributed by atoms with Crippen LogP contribution in [0.1, 0.15) is 0 Å². The number of H-pyrrole nitrogens is 1. The number of ether oxygens (including phenoxy) is 2. The monoisotopic (exact) mass is 247 g/mol. The van der Waals surface area contributed by atoms with Crippen molar-refractivity contribution >= 4 is 5.95 Å². The molecule has 6 heteroatoms. The average molecular weight is 247 g/mol. The Morgan fingerprint density at radius 1 is 1.28 bits per heavy atom. The van der Waals surface area contributed by atoms with E-state index in [2.05, 4.69) is 9.97 Å². The van der Waals surface area contributed by atoms with Gasteiger partial charge < -0.3 is 15.2 Å². The minimum Gasteiger partial charge on any atom is -0.493 e. The van der Waals surface area contributed by atoms with Crippen molar-refractivity contribution < 1.29 is 9.47 Å². The number of para-hydroxylation sites is 1. The molecule has 2 aromatic rings. The molecule has 0 spiro atoms. The number of nitrogens with one attached hydrogen (secondary N) is 1. The first-order chi connectivity index (χ1) is 8.65. The predicted molar refractivity (Wildman–Crippen MR) is 67.8 cm³/mol. The van der Waals surface area contributed by atoms with Crippen molar-refractivity contribution in [2.24, 2.45) is 0 Å². The fraction of sp³-hybridized carbons (Fsp3) is 0.167. The molecular formula is C12H13N3O3. The van der Waals surface area contributed by atoms with Crippen LogP contribution in [0.15, 0.2) is 29.1 Å². The smallest absolute Gasteiger partial charge is 0.252 e. The van der Waals surface area contributed by atoms with Gasteiger partial charge in [-0.05, 0) is 12.1 Å². The number of methoxy groups -OCH3 is 2. The lowest BCUT2D eigenvalue weighted by atomic mass is 10.1. The number of aromatic nitrogens is 2. The van der Waals surface area contributed by atoms with E-state index < -0.39 is 0 Å². The Kier molecular flexibility index (Phi) is 3.18. The summed E-state index contributed by atoms with van der Waals surface area (Å²) >= 11 is 0. The van der Waals surface area contributed by atoms with Crippen LogP contribution < -0.4 is 20.8 Å². The highest BCUT2D eigenvalue weighted by molar-refractivity contribution is 5.71. The highest BCUT2D eigenvalue weighted by Gasteiger charge is 2.13. The molecule has 94 valence electrons. The molecule has 0 unspecified atom stereocenters. The van der Waals surface area contributed by atoms with Gasteiger partial charge in [0.05, 0.1) is 19.9 Å². The van der Waals surface area contributed by atoms with Crippen LogP contribution in [0.25, 0.3) is 11.3 Å². The largest absolute Gasteiger partial charge is 0.493 e. The third-order valence-electron chi connectivity index (χ3n) is 2.44. The van der Waals surface area contributed by atoms with E-state index in [1.807, 2.05) is 0 Å². The summed E-state index contributed by atoms with van der Waals surface area (Å²) in [6.07, 6.45) is 0. The molecule has 1 aromatic carbocycles. The van der Waals surface area contributed by atoms with E-state index in [0.29, 0.717) is 22.8 Å². The molecule has 1 aromatic heterocycles. The second-order valence-electron chi connectivity index (χ2n) is 3.56. The standard InChI is InChI=1S/C12H13N3O3/c1-17-9-5-3-4-7(11(9)18-2)8-6-10(16)15-12(13)14-8/h3-6H,1-2H3,(H3,13,14,15,16). The number of nitrogen functional groups attached to an aromatic ring is 1. The molecule has 0 atom stereocenters. The quantitative estimate of drug-likeness (QED) is 0.845. The Labute approximate surface area is 103 Å². The fourth-order valence-electron chi connectivity index (χ4n) is 1.70. The minimum absolute atomic E-state index is 0.0578. The van der Waals surface area contributed by atoms with Gasteiger partial charge in [-0.2, -0.15) is 0 Å². The van der Waals surface area contributed by atoms with Crippen LogP contribution in [0, 0.1) is 0 Å². The first-order valence-corrected chi connectivity index (χ1v) is 5.24. The van der Waals surface area contributed by atoms with Gasteiger partial charge in [-0.3, -0.25) is 9.78 Å². The topological polar surface area (TPSA) is 90.2 Å². The van der Waals surface area contributed by atoms with E-state index in [-0.39, 0.29) is 11.5 Å². The molecule has 2 rings (SSSR count). The Hall–Kier alpha value is -2.50. The second kappa shape index (κ2) is 4.79. The van der Waals surface area contributed by atoms with Gasteiger partial charge in [0.15, 0.2) is 11.5 Å². The Bertz CT molecular complexity index is 622. The average Bonchev–Trinajstić information content (AvgIpc) is 2.36. The molecule has 0 bridgehead atoms. The Balaban J connectivity index is 2.66. The van der Waals surface area contributed by atoms with Gasteiger partial charge in [0.2, 0.25) is 5.95 Å². The Morgan fingerprint density at radius 3 is 2.67 bits per heavy atom. The van der Waals surface area contributed by atoms with E-state index in [0.717, 1.165) is 0 Å². The van der Waals surface area contributed by atoms with Crippen LogP contribution in [0.3, 0.4) is 0 Å². The van der Waals surface area contributed by atoms with Crippen LogP contribution in [0.2, 0.25) is 0 Å². The molecule has 6 nitrogen and oxygen atoms in total. The van der Waals surface area contributed by atoms with E-state index in [9.17, 15) is 4.79 Å². The summed E-state index contributed by atoms with van der Waals surface area (Å²) in [4.78, 5) is 17.9. The SMILES string of the molecule is COc1cccc(-c2cc(=O)[nH]c(N)n2)c1OC. The van der Waals surface area contributed by atoms with Gasteiger partial charge in [-0.25, -0.2) is 4.98 Å². The Morgan fingerprint density at radius 2 is 2.06 bits per heavy atom. The summed E-state index contributed by atoms with van der Waals surface area (Å²) in [7, 11) is 3.07. The number of anilines is 1. The molecule has 0 radical (unpaired) electrons. The van der Waals surface area contributed by atoms with Crippen molar-refractivity contribution in [1.82, 2.24) is 9.97 Å². The normalized spacial score (nSPS) is 10.1. The van der Waals surface area contributed by atoms with Gasteiger partial charge in [-0.1, -0.05) is 6.07 Å². The van der Waals surface area contributed by atoms with Crippen molar-refractivity contribution in [2.45, 2.75) is 0 Å². The molecular weight excluding hydrogens is 234 g/mol. The zero-order chi connectivity index (χ0) is 13.1. The lowest BCUT2D eigenvalue weighted by molar-refractivity contribution is 0.356. The fourth-order valence-corrected chi connectivity index (χ4v) is 1.70. The van der Waals surface area contributed by atoms with Crippen molar-refractivity contribution in [3.05, 3.63) is 34.6 Å². The number of nitrogens with two attached hydrogens (primary N) is 1. The molecule has 0 aliphatic carbocycles. The maximum absolute atomic E-state index is 11.4. The van der Waals surface area contributed by atoms with Crippen LogP contribution in [-0.4, -0.2) is 24.2 Å². The first kappa shape index (κ1) is 12.0. The molecule has 0 saturated carbocycles. The van der Waals surface area contributed by atoms with Gasteiger partial charge >= 0.3 is 0 Å². The van der Waals surface area contributed by atoms with Crippen LogP contribution in [-0.2, 0) is 0 Å². The summed E-state index contributed by atoms with van der Waals surface area (Å²) in [6.45, 7) is 0. The number of nitrogens with zero attached hydrogens (tertiary/aromatic N) is 1. The van der Waals surface area contributed by atoms with Gasteiger partial charge in [0.1, 0.15) is 0 Å². The zero-order valence-electron chi connectivity index (χ0n) is 10.1. The van der Waals surface area contributed by atoms with Crippen LogP contribution in [0.5, 0.6) is 11.5 Å². The van der Waals surface area contributed by atoms with Crippen molar-refractivity contribution in [2.75, 3.05) is 20.0 Å². The number of aromatic amines is 1. The van der Waals surface area contributed by atoms with Crippen molar-refractivity contribution in [3.8, 4) is 22.8 Å². The van der Waals surface area contributed by atoms with Crippen LogP contribution >= 0.6 is 0 Å². The highest BCUT2D eigenvalue weighted by Crippen LogP contribution is 2.36. The van der Waals surface area contributed by atoms with E-state index in [1.165, 1.54) is 13.2 Å². The number of hydrogen-bond acceptors (Lipinski definition) is 5. The summed E-state index contributed by atoms with van der Waals surface area (Å²) < 4.78 is 10.5. The van der Waals surface area contributed by atoms with Crippen molar-refractivity contribution in [1.29, 1.82) is 0 Å². The predicted octanol–water partition coefficient (Wildman–Crippen LogP) is 1.04. The molecule has 1 heterocycles. The summed E-state index contributed by atoms with van der Waals surface area (Å²) in [6, 6.07) is 6.69. The lowest BCUT2D eigenvalue weighted by Gasteiger charge is -2.11. The molecule has 0 saturated heterocycles. The van der Waals surface area contributed by atoms with Gasteiger partial charge in [-0.15, -0.1) is 0 Å². The third kappa shape index (κ3) is 2.13. The number of hydrogen-bond donors (Lipinski definition) is 2. The maximum Gasteiger partial charge on any atom is 0.252 e. The summed E-state index contributed by atoms with van der Waals surface area (Å²) in [5.74, 6) is 1.13. The van der Waals surface area contributed by atoms with Crippen molar-refractivity contribution in [3.63, 3.8) is 0 Å². The molecule has 0 fully saturated rings. The van der Waals surface area contributed by atoms with Crippen LogP contribution in [0.4, 0.5) is 5.95 Å². The van der Waals surface area contributed by atoms with Gasteiger partial charge in [0.25, 0.3) is 5.56 Å². The highest BCUT2D eigenvalue weighted by atomic mass is 16.5. The third-order valence-corrected chi connectivity index (χ3v) is 2.44. The summed E-state index contributed by atoms with van der Waals surface area (Å²) in [5, 5.41) is 0. The summed E-state index contributed by atoms with van der Waals surface area (Å²) in [5.41, 5.74) is 6.29. The molecule has 18 heavy (non-hydrogen) atoms. The molecule has 0 aliphatic heterocycles. The second-order valence-corrected chi connectivity index (χ2v) is 3.56. The molecule has 3 N–H and O–H groups in total. The number of rotatable bonds is 3. The lowest BCUT2D eigenvalue weighted by Crippen LogP contribution is -2.10. The van der Waals surface area contributed by atoms with Gasteiger partial charge in [0, 0.05) is 11.6 Å². The van der Waals surface area contributed by atoms with E-state index in [4.69, 9.17) is 15.2 Å².